The van der Waals surface area contributed by atoms with E-state index in [0.717, 1.165) is 32.6 Å². The van der Waals surface area contributed by atoms with Crippen molar-refractivity contribution in [2.45, 2.75) is 38.3 Å². The molecule has 1 unspecified atom stereocenters. The molecule has 0 aromatic rings. The van der Waals surface area contributed by atoms with Crippen molar-refractivity contribution in [1.82, 2.24) is 15.5 Å². The van der Waals surface area contributed by atoms with Gasteiger partial charge in [-0.2, -0.15) is 0 Å². The Labute approximate surface area is 91.4 Å². The van der Waals surface area contributed by atoms with Gasteiger partial charge in [0.05, 0.1) is 6.04 Å². The van der Waals surface area contributed by atoms with E-state index >= 15 is 0 Å². The van der Waals surface area contributed by atoms with Crippen molar-refractivity contribution >= 4 is 5.91 Å². The quantitative estimate of drug-likeness (QED) is 0.688. The summed E-state index contributed by atoms with van der Waals surface area (Å²) in [5, 5.41) is 6.42. The van der Waals surface area contributed by atoms with Gasteiger partial charge in [-0.15, -0.1) is 0 Å². The fourth-order valence-electron chi connectivity index (χ4n) is 1.97. The number of hydrogen-bond acceptors (Lipinski definition) is 3. The zero-order valence-corrected chi connectivity index (χ0v) is 9.46. The molecule has 0 bridgehead atoms. The smallest absolute Gasteiger partial charge is 0.237 e. The Kier molecular flexibility index (Phi) is 3.59. The van der Waals surface area contributed by atoms with E-state index in [1.54, 1.807) is 0 Å². The van der Waals surface area contributed by atoms with Crippen LogP contribution in [0.15, 0.2) is 0 Å². The molecule has 86 valence electrons. The van der Waals surface area contributed by atoms with E-state index in [4.69, 9.17) is 0 Å². The second-order valence-corrected chi connectivity index (χ2v) is 4.60. The number of nitrogens with one attached hydrogen (secondary N) is 2. The van der Waals surface area contributed by atoms with Gasteiger partial charge in [-0.25, -0.2) is 0 Å². The summed E-state index contributed by atoms with van der Waals surface area (Å²) in [5.74, 6) is 0.208. The van der Waals surface area contributed by atoms with Crippen LogP contribution in [-0.2, 0) is 4.79 Å². The Bertz CT molecular complexity index is 220. The third-order valence-electron chi connectivity index (χ3n) is 3.23. The molecule has 15 heavy (non-hydrogen) atoms. The van der Waals surface area contributed by atoms with E-state index in [2.05, 4.69) is 15.5 Å². The van der Waals surface area contributed by atoms with Gasteiger partial charge >= 0.3 is 0 Å². The maximum Gasteiger partial charge on any atom is 0.237 e. The first-order valence-electron chi connectivity index (χ1n) is 6.02. The summed E-state index contributed by atoms with van der Waals surface area (Å²) >= 11 is 0. The second-order valence-electron chi connectivity index (χ2n) is 4.60. The third kappa shape index (κ3) is 3.18. The average molecular weight is 211 g/mol. The fraction of sp³-hybridized carbons (Fsp3) is 0.909. The summed E-state index contributed by atoms with van der Waals surface area (Å²) in [6.07, 6.45) is 3.47. The molecule has 1 saturated heterocycles. The van der Waals surface area contributed by atoms with Gasteiger partial charge in [-0.05, 0) is 32.7 Å². The van der Waals surface area contributed by atoms with Gasteiger partial charge < -0.3 is 10.6 Å². The fourth-order valence-corrected chi connectivity index (χ4v) is 1.97. The van der Waals surface area contributed by atoms with Crippen molar-refractivity contribution in [1.29, 1.82) is 0 Å². The van der Waals surface area contributed by atoms with Gasteiger partial charge in [0.15, 0.2) is 0 Å². The summed E-state index contributed by atoms with van der Waals surface area (Å²) < 4.78 is 0. The van der Waals surface area contributed by atoms with Crippen LogP contribution in [0.1, 0.15) is 26.2 Å². The molecule has 2 fully saturated rings. The molecule has 1 heterocycles. The van der Waals surface area contributed by atoms with Gasteiger partial charge in [0.25, 0.3) is 0 Å². The molecule has 4 heteroatoms. The molecule has 2 aliphatic rings. The highest BCUT2D eigenvalue weighted by molar-refractivity contribution is 5.81. The molecule has 2 N–H and O–H groups in total. The first kappa shape index (κ1) is 10.9. The number of carbonyl (C=O) groups is 1. The SMILES string of the molecule is CC(C(=O)NC1CC1)N1CCCNCC1. The topological polar surface area (TPSA) is 44.4 Å². The lowest BCUT2D eigenvalue weighted by atomic mass is 10.2. The van der Waals surface area contributed by atoms with Crippen LogP contribution in [-0.4, -0.2) is 49.1 Å². The predicted octanol–water partition coefficient (Wildman–Crippen LogP) is -0.0512. The molecular weight excluding hydrogens is 190 g/mol. The molecular formula is C11H21N3O. The molecule has 1 aliphatic carbocycles. The van der Waals surface area contributed by atoms with Crippen LogP contribution < -0.4 is 10.6 Å². The number of nitrogens with zero attached hydrogens (tertiary/aromatic N) is 1. The van der Waals surface area contributed by atoms with Gasteiger partial charge in [0, 0.05) is 25.7 Å². The number of hydrogen-bond donors (Lipinski definition) is 2. The molecule has 1 atom stereocenters. The molecule has 0 aromatic carbocycles. The third-order valence-corrected chi connectivity index (χ3v) is 3.23. The minimum atomic E-state index is 0.0329. The molecule has 0 radical (unpaired) electrons. The van der Waals surface area contributed by atoms with E-state index in [0.29, 0.717) is 6.04 Å². The highest BCUT2D eigenvalue weighted by Crippen LogP contribution is 2.19. The summed E-state index contributed by atoms with van der Waals surface area (Å²) in [4.78, 5) is 14.1. The Hall–Kier alpha value is -0.610. The summed E-state index contributed by atoms with van der Waals surface area (Å²) in [7, 11) is 0. The minimum absolute atomic E-state index is 0.0329. The molecule has 0 spiro atoms. The van der Waals surface area contributed by atoms with Gasteiger partial charge in [0.1, 0.15) is 0 Å². The van der Waals surface area contributed by atoms with Crippen LogP contribution in [0, 0.1) is 0 Å². The second kappa shape index (κ2) is 4.94. The van der Waals surface area contributed by atoms with Crippen LogP contribution in [0.5, 0.6) is 0 Å². The van der Waals surface area contributed by atoms with Crippen molar-refractivity contribution < 1.29 is 4.79 Å². The van der Waals surface area contributed by atoms with Crippen LogP contribution >= 0.6 is 0 Å². The minimum Gasteiger partial charge on any atom is -0.352 e. The first-order valence-corrected chi connectivity index (χ1v) is 6.02. The maximum atomic E-state index is 11.8. The lowest BCUT2D eigenvalue weighted by Gasteiger charge is -2.26. The normalized spacial score (nSPS) is 25.7. The van der Waals surface area contributed by atoms with E-state index in [1.807, 2.05) is 6.92 Å². The lowest BCUT2D eigenvalue weighted by molar-refractivity contribution is -0.125. The molecule has 2 rings (SSSR count). The zero-order valence-electron chi connectivity index (χ0n) is 9.46. The van der Waals surface area contributed by atoms with Gasteiger partial charge in [-0.1, -0.05) is 0 Å². The van der Waals surface area contributed by atoms with Crippen molar-refractivity contribution in [3.05, 3.63) is 0 Å². The molecule has 1 aliphatic heterocycles. The van der Waals surface area contributed by atoms with Crippen LogP contribution in [0.3, 0.4) is 0 Å². The molecule has 1 saturated carbocycles. The van der Waals surface area contributed by atoms with E-state index in [-0.39, 0.29) is 11.9 Å². The number of rotatable bonds is 3. The van der Waals surface area contributed by atoms with Crippen molar-refractivity contribution in [2.24, 2.45) is 0 Å². The Balaban J connectivity index is 1.80. The van der Waals surface area contributed by atoms with Crippen molar-refractivity contribution in [3.8, 4) is 0 Å². The van der Waals surface area contributed by atoms with E-state index < -0.39 is 0 Å². The van der Waals surface area contributed by atoms with Crippen molar-refractivity contribution in [3.63, 3.8) is 0 Å². The van der Waals surface area contributed by atoms with Gasteiger partial charge in [0.2, 0.25) is 5.91 Å². The standard InChI is InChI=1S/C11H21N3O/c1-9(11(15)13-10-3-4-10)14-7-2-5-12-6-8-14/h9-10,12H,2-8H2,1H3,(H,13,15). The van der Waals surface area contributed by atoms with Crippen LogP contribution in [0.4, 0.5) is 0 Å². The Morgan fingerprint density at radius 3 is 2.93 bits per heavy atom. The van der Waals surface area contributed by atoms with Crippen LogP contribution in [0.2, 0.25) is 0 Å². The van der Waals surface area contributed by atoms with E-state index in [9.17, 15) is 4.79 Å². The molecule has 4 nitrogen and oxygen atoms in total. The Morgan fingerprint density at radius 1 is 1.40 bits per heavy atom. The number of amides is 1. The predicted molar refractivity (Wildman–Crippen MR) is 59.7 cm³/mol. The van der Waals surface area contributed by atoms with Crippen LogP contribution in [0.25, 0.3) is 0 Å². The average Bonchev–Trinajstić information content (AvgIpc) is 3.01. The van der Waals surface area contributed by atoms with Crippen molar-refractivity contribution in [2.75, 3.05) is 26.2 Å². The lowest BCUT2D eigenvalue weighted by Crippen LogP contribution is -2.46. The summed E-state index contributed by atoms with van der Waals surface area (Å²) in [5.41, 5.74) is 0. The highest BCUT2D eigenvalue weighted by Gasteiger charge is 2.28. The maximum absolute atomic E-state index is 11.8. The largest absolute Gasteiger partial charge is 0.352 e. The van der Waals surface area contributed by atoms with Gasteiger partial charge in [-0.3, -0.25) is 9.69 Å². The highest BCUT2D eigenvalue weighted by atomic mass is 16.2. The zero-order chi connectivity index (χ0) is 10.7. The Morgan fingerprint density at radius 2 is 2.20 bits per heavy atom. The molecule has 0 aromatic heterocycles. The first-order chi connectivity index (χ1) is 7.27. The molecule has 1 amide bonds. The monoisotopic (exact) mass is 211 g/mol. The summed E-state index contributed by atoms with van der Waals surface area (Å²) in [6.45, 7) is 6.11. The number of carbonyl (C=O) groups excluding carboxylic acids is 1. The van der Waals surface area contributed by atoms with E-state index in [1.165, 1.54) is 12.8 Å². The summed E-state index contributed by atoms with van der Waals surface area (Å²) in [6, 6.07) is 0.510.